The van der Waals surface area contributed by atoms with E-state index in [0.717, 1.165) is 12.0 Å². The lowest BCUT2D eigenvalue weighted by atomic mass is 9.83. The highest BCUT2D eigenvalue weighted by Gasteiger charge is 2.37. The van der Waals surface area contributed by atoms with Gasteiger partial charge in [-0.25, -0.2) is 12.7 Å². The number of hydrogen-bond acceptors (Lipinski definition) is 4. The maximum Gasteiger partial charge on any atom is 0.232 e. The molecule has 0 N–H and O–H groups in total. The first-order valence-electron chi connectivity index (χ1n) is 11.8. The minimum Gasteiger partial charge on any atom is -0.339 e. The van der Waals surface area contributed by atoms with Gasteiger partial charge >= 0.3 is 0 Å². The van der Waals surface area contributed by atoms with E-state index in [-0.39, 0.29) is 23.5 Å². The summed E-state index contributed by atoms with van der Waals surface area (Å²) in [6.07, 6.45) is 2.67. The second-order valence-electron chi connectivity index (χ2n) is 9.45. The summed E-state index contributed by atoms with van der Waals surface area (Å²) in [6.45, 7) is 8.86. The van der Waals surface area contributed by atoms with Gasteiger partial charge in [0.2, 0.25) is 21.8 Å². The quantitative estimate of drug-likeness (QED) is 0.622. The van der Waals surface area contributed by atoms with Crippen LogP contribution in [0.5, 0.6) is 0 Å². The zero-order valence-electron chi connectivity index (χ0n) is 19.6. The highest BCUT2D eigenvalue weighted by atomic mass is 32.2. The maximum absolute atomic E-state index is 13.2. The first kappa shape index (κ1) is 24.7. The van der Waals surface area contributed by atoms with Crippen LogP contribution in [0.25, 0.3) is 0 Å². The molecule has 0 aromatic heterocycles. The van der Waals surface area contributed by atoms with Crippen molar-refractivity contribution in [1.82, 2.24) is 14.1 Å². The average Bonchev–Trinajstić information content (AvgIpc) is 2.82. The molecule has 0 atom stereocenters. The van der Waals surface area contributed by atoms with Gasteiger partial charge in [0.05, 0.1) is 11.2 Å². The van der Waals surface area contributed by atoms with Gasteiger partial charge in [-0.2, -0.15) is 0 Å². The highest BCUT2D eigenvalue weighted by Crippen LogP contribution is 2.27. The first-order valence-corrected chi connectivity index (χ1v) is 13.4. The molecule has 178 valence electrons. The van der Waals surface area contributed by atoms with E-state index >= 15 is 0 Å². The number of unbranched alkanes of at least 4 members (excludes halogenated alkanes) is 1. The standard InChI is InChI=1S/C24H37N3O4S/c1-4-5-19-32(30,31)27-13-11-20(12-14-27)22(28)25-15-17-26(18-16-25)23(29)24(2,3)21-9-7-6-8-10-21/h6-10,20H,4-5,11-19H2,1-3H3. The largest absolute Gasteiger partial charge is 0.339 e. The van der Waals surface area contributed by atoms with Gasteiger partial charge in [0.15, 0.2) is 0 Å². The molecule has 0 unspecified atom stereocenters. The number of carbonyl (C=O) groups excluding carboxylic acids is 2. The Labute approximate surface area is 192 Å². The van der Waals surface area contributed by atoms with Crippen LogP contribution in [0.1, 0.15) is 52.0 Å². The van der Waals surface area contributed by atoms with Gasteiger partial charge < -0.3 is 9.80 Å². The number of piperidine rings is 1. The molecule has 1 aromatic carbocycles. The summed E-state index contributed by atoms with van der Waals surface area (Å²) < 4.78 is 26.3. The third-order valence-electron chi connectivity index (χ3n) is 6.86. The van der Waals surface area contributed by atoms with E-state index in [1.807, 2.05) is 60.9 Å². The minimum atomic E-state index is -3.21. The van der Waals surface area contributed by atoms with Gasteiger partial charge in [-0.05, 0) is 38.7 Å². The number of hydrogen-bond donors (Lipinski definition) is 0. The summed E-state index contributed by atoms with van der Waals surface area (Å²) in [5, 5.41) is 0. The van der Waals surface area contributed by atoms with E-state index in [4.69, 9.17) is 0 Å². The molecular weight excluding hydrogens is 426 g/mol. The van der Waals surface area contributed by atoms with E-state index in [1.165, 1.54) is 0 Å². The molecule has 2 saturated heterocycles. The molecule has 0 aliphatic carbocycles. The van der Waals surface area contributed by atoms with Crippen molar-refractivity contribution in [2.45, 2.75) is 51.9 Å². The van der Waals surface area contributed by atoms with Crippen molar-refractivity contribution in [1.29, 1.82) is 0 Å². The summed E-state index contributed by atoms with van der Waals surface area (Å²) in [4.78, 5) is 29.9. The molecule has 0 saturated carbocycles. The topological polar surface area (TPSA) is 78.0 Å². The van der Waals surface area contributed by atoms with E-state index in [1.54, 1.807) is 4.31 Å². The van der Waals surface area contributed by atoms with Crippen molar-refractivity contribution in [2.75, 3.05) is 45.0 Å². The van der Waals surface area contributed by atoms with E-state index in [9.17, 15) is 18.0 Å². The lowest BCUT2D eigenvalue weighted by Crippen LogP contribution is -2.55. The lowest BCUT2D eigenvalue weighted by Gasteiger charge is -2.40. The fraction of sp³-hybridized carbons (Fsp3) is 0.667. The molecule has 2 aliphatic heterocycles. The van der Waals surface area contributed by atoms with Gasteiger partial charge in [0.25, 0.3) is 0 Å². The number of sulfonamides is 1. The number of nitrogens with zero attached hydrogens (tertiary/aromatic N) is 3. The summed E-state index contributed by atoms with van der Waals surface area (Å²) in [5.41, 5.74) is 0.382. The molecule has 2 heterocycles. The molecule has 3 rings (SSSR count). The fourth-order valence-corrected chi connectivity index (χ4v) is 6.28. The van der Waals surface area contributed by atoms with Crippen LogP contribution < -0.4 is 0 Å². The predicted molar refractivity (Wildman–Crippen MR) is 126 cm³/mol. The van der Waals surface area contributed by atoms with Crippen LogP contribution in [0.4, 0.5) is 0 Å². The Morgan fingerprint density at radius 2 is 1.50 bits per heavy atom. The Balaban J connectivity index is 1.50. The molecule has 0 bridgehead atoms. The molecule has 7 nitrogen and oxygen atoms in total. The van der Waals surface area contributed by atoms with E-state index < -0.39 is 15.4 Å². The first-order chi connectivity index (χ1) is 15.2. The number of benzene rings is 1. The molecule has 0 spiro atoms. The average molecular weight is 464 g/mol. The Morgan fingerprint density at radius 1 is 0.938 bits per heavy atom. The van der Waals surface area contributed by atoms with Crippen molar-refractivity contribution >= 4 is 21.8 Å². The smallest absolute Gasteiger partial charge is 0.232 e. The van der Waals surface area contributed by atoms with Crippen LogP contribution in [-0.2, 0) is 25.0 Å². The Bertz CT molecular complexity index is 885. The van der Waals surface area contributed by atoms with Crippen molar-refractivity contribution in [3.8, 4) is 0 Å². The third-order valence-corrected chi connectivity index (χ3v) is 8.82. The Morgan fingerprint density at radius 3 is 2.06 bits per heavy atom. The Hall–Kier alpha value is -1.93. The third kappa shape index (κ3) is 5.52. The normalized spacial score (nSPS) is 19.2. The number of rotatable bonds is 7. The fourth-order valence-electron chi connectivity index (χ4n) is 4.60. The zero-order valence-corrected chi connectivity index (χ0v) is 20.4. The lowest BCUT2D eigenvalue weighted by molar-refractivity contribution is -0.145. The number of carbonyl (C=O) groups is 2. The zero-order chi connectivity index (χ0) is 23.4. The molecule has 32 heavy (non-hydrogen) atoms. The van der Waals surface area contributed by atoms with Crippen LogP contribution >= 0.6 is 0 Å². The van der Waals surface area contributed by atoms with Crippen LogP contribution in [0.15, 0.2) is 30.3 Å². The van der Waals surface area contributed by atoms with Crippen LogP contribution in [0, 0.1) is 5.92 Å². The number of piperazine rings is 1. The summed E-state index contributed by atoms with van der Waals surface area (Å²) in [7, 11) is -3.21. The summed E-state index contributed by atoms with van der Waals surface area (Å²) in [5.74, 6) is 0.249. The SMILES string of the molecule is CCCCS(=O)(=O)N1CCC(C(=O)N2CCN(C(=O)C(C)(C)c3ccccc3)CC2)CC1. The van der Waals surface area contributed by atoms with Gasteiger partial charge in [0, 0.05) is 45.2 Å². The van der Waals surface area contributed by atoms with Gasteiger partial charge in [0.1, 0.15) is 0 Å². The number of amides is 2. The van der Waals surface area contributed by atoms with E-state index in [2.05, 4.69) is 0 Å². The Kier molecular flexibility index (Phi) is 7.98. The van der Waals surface area contributed by atoms with Gasteiger partial charge in [-0.1, -0.05) is 43.7 Å². The molecule has 1 aromatic rings. The predicted octanol–water partition coefficient (Wildman–Crippen LogP) is 2.48. The molecule has 0 radical (unpaired) electrons. The second kappa shape index (κ2) is 10.3. The van der Waals surface area contributed by atoms with Crippen LogP contribution in [0.3, 0.4) is 0 Å². The van der Waals surface area contributed by atoms with Crippen LogP contribution in [0.2, 0.25) is 0 Å². The van der Waals surface area contributed by atoms with Crippen LogP contribution in [-0.4, -0.2) is 79.4 Å². The van der Waals surface area contributed by atoms with Gasteiger partial charge in [-0.15, -0.1) is 0 Å². The molecular formula is C24H37N3O4S. The van der Waals surface area contributed by atoms with Gasteiger partial charge in [-0.3, -0.25) is 9.59 Å². The molecule has 2 amide bonds. The van der Waals surface area contributed by atoms with Crippen molar-refractivity contribution in [2.24, 2.45) is 5.92 Å². The minimum absolute atomic E-state index is 0.0846. The van der Waals surface area contributed by atoms with E-state index in [0.29, 0.717) is 58.5 Å². The van der Waals surface area contributed by atoms with Crippen molar-refractivity contribution in [3.05, 3.63) is 35.9 Å². The highest BCUT2D eigenvalue weighted by molar-refractivity contribution is 7.89. The molecule has 2 aliphatic rings. The summed E-state index contributed by atoms with van der Waals surface area (Å²) in [6, 6.07) is 9.79. The monoisotopic (exact) mass is 463 g/mol. The maximum atomic E-state index is 13.2. The van der Waals surface area contributed by atoms with Crippen molar-refractivity contribution < 1.29 is 18.0 Å². The van der Waals surface area contributed by atoms with Crippen molar-refractivity contribution in [3.63, 3.8) is 0 Å². The summed E-state index contributed by atoms with van der Waals surface area (Å²) >= 11 is 0. The second-order valence-corrected chi connectivity index (χ2v) is 11.5. The molecule has 8 heteroatoms. The molecule has 2 fully saturated rings.